The number of likely N-dealkylation sites (tertiary alicyclic amines) is 1. The first kappa shape index (κ1) is 14.0. The highest BCUT2D eigenvalue weighted by Gasteiger charge is 2.35. The van der Waals surface area contributed by atoms with Crippen molar-refractivity contribution in [1.29, 1.82) is 0 Å². The van der Waals surface area contributed by atoms with Gasteiger partial charge in [-0.25, -0.2) is 4.39 Å². The molecule has 5 heteroatoms. The lowest BCUT2D eigenvalue weighted by Crippen LogP contribution is -2.47. The van der Waals surface area contributed by atoms with Gasteiger partial charge in [0, 0.05) is 19.0 Å². The molecule has 0 bridgehead atoms. The Morgan fingerprint density at radius 1 is 1.33 bits per heavy atom. The van der Waals surface area contributed by atoms with Gasteiger partial charge in [0.15, 0.2) is 0 Å². The molecule has 4 nitrogen and oxygen atoms in total. The summed E-state index contributed by atoms with van der Waals surface area (Å²) in [5, 5.41) is 4.00. The molecule has 2 aliphatic heterocycles. The lowest BCUT2D eigenvalue weighted by Gasteiger charge is -2.34. The van der Waals surface area contributed by atoms with Crippen LogP contribution in [0, 0.1) is 5.82 Å². The monoisotopic (exact) mass is 290 g/mol. The van der Waals surface area contributed by atoms with Crippen molar-refractivity contribution in [2.24, 2.45) is 5.16 Å². The van der Waals surface area contributed by atoms with Crippen molar-refractivity contribution in [3.8, 4) is 0 Å². The Morgan fingerprint density at radius 2 is 2.10 bits per heavy atom. The summed E-state index contributed by atoms with van der Waals surface area (Å²) < 4.78 is 12.9. The minimum Gasteiger partial charge on any atom is -0.382 e. The zero-order valence-corrected chi connectivity index (χ0v) is 12.1. The van der Waals surface area contributed by atoms with Crippen molar-refractivity contribution < 1.29 is 14.0 Å². The van der Waals surface area contributed by atoms with Crippen molar-refractivity contribution in [3.63, 3.8) is 0 Å². The number of benzene rings is 1. The molecule has 0 spiro atoms. The Labute approximate surface area is 123 Å². The molecule has 2 atom stereocenters. The zero-order chi connectivity index (χ0) is 14.8. The van der Waals surface area contributed by atoms with Crippen LogP contribution in [0.5, 0.6) is 0 Å². The lowest BCUT2D eigenvalue weighted by molar-refractivity contribution is -0.145. The molecule has 3 rings (SSSR count). The molecule has 0 aromatic heterocycles. The number of nitrogens with zero attached hydrogens (tertiary/aromatic N) is 2. The Balaban J connectivity index is 1.65. The van der Waals surface area contributed by atoms with Crippen molar-refractivity contribution in [3.05, 3.63) is 35.6 Å². The van der Waals surface area contributed by atoms with Crippen molar-refractivity contribution in [1.82, 2.24) is 4.90 Å². The van der Waals surface area contributed by atoms with E-state index in [9.17, 15) is 9.18 Å². The van der Waals surface area contributed by atoms with E-state index in [1.54, 1.807) is 12.1 Å². The Hall–Kier alpha value is -1.91. The second kappa shape index (κ2) is 5.84. The summed E-state index contributed by atoms with van der Waals surface area (Å²) in [7, 11) is 0. The first-order valence-electron chi connectivity index (χ1n) is 7.44. The highest BCUT2D eigenvalue weighted by Crippen LogP contribution is 2.23. The van der Waals surface area contributed by atoms with Gasteiger partial charge in [-0.3, -0.25) is 4.79 Å². The topological polar surface area (TPSA) is 41.9 Å². The summed E-state index contributed by atoms with van der Waals surface area (Å²) in [6.07, 6.45) is 3.19. The standard InChI is InChI=1S/C16H19FN2O2/c1-11-4-2-3-9-19(11)16(20)15-10-14(18-21-15)12-5-7-13(17)8-6-12/h5-8,11,15H,2-4,9-10H2,1H3/t11-,15-/m0/s1. The van der Waals surface area contributed by atoms with Crippen LogP contribution in [0.2, 0.25) is 0 Å². The van der Waals surface area contributed by atoms with E-state index in [0.29, 0.717) is 12.1 Å². The fraction of sp³-hybridized carbons (Fsp3) is 0.500. The van der Waals surface area contributed by atoms with Crippen LogP contribution >= 0.6 is 0 Å². The fourth-order valence-electron chi connectivity index (χ4n) is 2.93. The Morgan fingerprint density at radius 3 is 2.81 bits per heavy atom. The number of carbonyl (C=O) groups excluding carboxylic acids is 1. The molecule has 2 heterocycles. The first-order valence-corrected chi connectivity index (χ1v) is 7.44. The molecule has 2 aliphatic rings. The molecule has 0 aliphatic carbocycles. The Bertz CT molecular complexity index is 556. The summed E-state index contributed by atoms with van der Waals surface area (Å²) in [5.74, 6) is -0.268. The van der Waals surface area contributed by atoms with Gasteiger partial charge in [-0.05, 0) is 43.9 Å². The van der Waals surface area contributed by atoms with Gasteiger partial charge in [-0.1, -0.05) is 17.3 Å². The molecule has 21 heavy (non-hydrogen) atoms. The first-order chi connectivity index (χ1) is 10.1. The SMILES string of the molecule is C[C@H]1CCCCN1C(=O)[C@@H]1CC(c2ccc(F)cc2)=NO1. The van der Waals surface area contributed by atoms with E-state index in [-0.39, 0.29) is 17.8 Å². The maximum atomic E-state index is 12.9. The molecule has 1 aromatic rings. The smallest absolute Gasteiger partial charge is 0.267 e. The van der Waals surface area contributed by atoms with Gasteiger partial charge in [-0.15, -0.1) is 0 Å². The van der Waals surface area contributed by atoms with Gasteiger partial charge in [0.25, 0.3) is 5.91 Å². The van der Waals surface area contributed by atoms with E-state index in [1.807, 2.05) is 4.90 Å². The number of carbonyl (C=O) groups is 1. The van der Waals surface area contributed by atoms with Gasteiger partial charge in [0.2, 0.25) is 6.10 Å². The third kappa shape index (κ3) is 2.91. The van der Waals surface area contributed by atoms with Crippen LogP contribution in [0.3, 0.4) is 0 Å². The third-order valence-corrected chi connectivity index (χ3v) is 4.21. The third-order valence-electron chi connectivity index (χ3n) is 4.21. The summed E-state index contributed by atoms with van der Waals surface area (Å²) >= 11 is 0. The number of piperidine rings is 1. The van der Waals surface area contributed by atoms with Crippen LogP contribution in [0.25, 0.3) is 0 Å². The Kier molecular flexibility index (Phi) is 3.90. The van der Waals surface area contributed by atoms with Crippen LogP contribution in [-0.2, 0) is 9.63 Å². The predicted octanol–water partition coefficient (Wildman–Crippen LogP) is 2.72. The summed E-state index contributed by atoms with van der Waals surface area (Å²) in [6, 6.07) is 6.37. The summed E-state index contributed by atoms with van der Waals surface area (Å²) in [6.45, 7) is 2.87. The molecule has 1 saturated heterocycles. The van der Waals surface area contributed by atoms with Gasteiger partial charge < -0.3 is 9.74 Å². The predicted molar refractivity (Wildman–Crippen MR) is 77.5 cm³/mol. The fourth-order valence-corrected chi connectivity index (χ4v) is 2.93. The molecular formula is C16H19FN2O2. The number of hydrogen-bond acceptors (Lipinski definition) is 3. The highest BCUT2D eigenvalue weighted by molar-refractivity contribution is 6.04. The molecule has 1 fully saturated rings. The van der Waals surface area contributed by atoms with Crippen LogP contribution in [-0.4, -0.2) is 35.2 Å². The number of oxime groups is 1. The van der Waals surface area contributed by atoms with Crippen LogP contribution in [0.15, 0.2) is 29.4 Å². The van der Waals surface area contributed by atoms with Crippen LogP contribution in [0.4, 0.5) is 4.39 Å². The molecule has 112 valence electrons. The minimum absolute atomic E-state index is 0.0167. The van der Waals surface area contributed by atoms with Gasteiger partial charge in [0.1, 0.15) is 5.82 Å². The second-order valence-corrected chi connectivity index (χ2v) is 5.72. The number of halogens is 1. The summed E-state index contributed by atoms with van der Waals surface area (Å²) in [5.41, 5.74) is 1.51. The van der Waals surface area contributed by atoms with E-state index in [4.69, 9.17) is 4.84 Å². The van der Waals surface area contributed by atoms with E-state index in [0.717, 1.165) is 24.9 Å². The number of hydrogen-bond donors (Lipinski definition) is 0. The lowest BCUT2D eigenvalue weighted by atomic mass is 10.0. The van der Waals surface area contributed by atoms with Gasteiger partial charge >= 0.3 is 0 Å². The molecule has 1 amide bonds. The maximum absolute atomic E-state index is 12.9. The molecule has 0 saturated carbocycles. The number of amides is 1. The largest absolute Gasteiger partial charge is 0.382 e. The molecule has 0 radical (unpaired) electrons. The van der Waals surface area contributed by atoms with E-state index < -0.39 is 6.10 Å². The number of rotatable bonds is 2. The normalized spacial score (nSPS) is 25.4. The van der Waals surface area contributed by atoms with Crippen molar-refractivity contribution >= 4 is 11.6 Å². The molecule has 1 aromatic carbocycles. The van der Waals surface area contributed by atoms with Gasteiger partial charge in [0.05, 0.1) is 5.71 Å². The molecule has 0 N–H and O–H groups in total. The zero-order valence-electron chi connectivity index (χ0n) is 12.1. The van der Waals surface area contributed by atoms with Crippen LogP contribution in [0.1, 0.15) is 38.2 Å². The van der Waals surface area contributed by atoms with E-state index in [1.165, 1.54) is 18.6 Å². The van der Waals surface area contributed by atoms with Crippen molar-refractivity contribution in [2.75, 3.05) is 6.54 Å². The van der Waals surface area contributed by atoms with Crippen LogP contribution < -0.4 is 0 Å². The minimum atomic E-state index is -0.536. The van der Waals surface area contributed by atoms with Crippen molar-refractivity contribution in [2.45, 2.75) is 44.8 Å². The molecular weight excluding hydrogens is 271 g/mol. The molecule has 0 unspecified atom stereocenters. The van der Waals surface area contributed by atoms with Gasteiger partial charge in [-0.2, -0.15) is 0 Å². The quantitative estimate of drug-likeness (QED) is 0.840. The average molecular weight is 290 g/mol. The maximum Gasteiger partial charge on any atom is 0.267 e. The van der Waals surface area contributed by atoms with E-state index in [2.05, 4.69) is 12.1 Å². The highest BCUT2D eigenvalue weighted by atomic mass is 19.1. The second-order valence-electron chi connectivity index (χ2n) is 5.72. The van der Waals surface area contributed by atoms with E-state index >= 15 is 0 Å². The summed E-state index contributed by atoms with van der Waals surface area (Å²) in [4.78, 5) is 19.7. The average Bonchev–Trinajstić information content (AvgIpc) is 2.98.